The first-order valence-electron chi connectivity index (χ1n) is 13.5. The molecule has 0 spiro atoms. The summed E-state index contributed by atoms with van der Waals surface area (Å²) in [5, 5.41) is 0. The topological polar surface area (TPSA) is 86.7 Å². The smallest absolute Gasteiger partial charge is 0.194 e. The van der Waals surface area contributed by atoms with Crippen molar-refractivity contribution in [2.75, 3.05) is 0 Å². The summed E-state index contributed by atoms with van der Waals surface area (Å²) in [6, 6.07) is 31.3. The zero-order chi connectivity index (χ0) is 28.8. The normalized spacial score (nSPS) is 13.1. The van der Waals surface area contributed by atoms with E-state index >= 15 is 0 Å². The van der Waals surface area contributed by atoms with Gasteiger partial charge in [-0.2, -0.15) is 0 Å². The van der Waals surface area contributed by atoms with Gasteiger partial charge in [-0.3, -0.25) is 19.2 Å². The molecule has 5 aromatic carbocycles. The molecular formula is C36H22O6. The van der Waals surface area contributed by atoms with Crippen molar-refractivity contribution in [2.45, 2.75) is 13.2 Å². The second-order valence-electron chi connectivity index (χ2n) is 10.2. The average Bonchev–Trinajstić information content (AvgIpc) is 3.04. The number of fused-ring (bicyclic) bond motifs is 4. The summed E-state index contributed by atoms with van der Waals surface area (Å²) in [6.45, 7) is 0.393. The molecular weight excluding hydrogens is 528 g/mol. The zero-order valence-electron chi connectivity index (χ0n) is 22.3. The summed E-state index contributed by atoms with van der Waals surface area (Å²) in [7, 11) is 0. The van der Waals surface area contributed by atoms with E-state index < -0.39 is 0 Å². The fourth-order valence-electron chi connectivity index (χ4n) is 5.46. The Balaban J connectivity index is 1.03. The van der Waals surface area contributed by atoms with Gasteiger partial charge in [0.25, 0.3) is 0 Å². The Hall–Kier alpha value is -5.62. The molecule has 0 atom stereocenters. The highest BCUT2D eigenvalue weighted by molar-refractivity contribution is 6.29. The number of ketones is 4. The minimum absolute atomic E-state index is 0.155. The Kier molecular flexibility index (Phi) is 6.09. The van der Waals surface area contributed by atoms with Gasteiger partial charge in [0.1, 0.15) is 24.7 Å². The van der Waals surface area contributed by atoms with Crippen molar-refractivity contribution < 1.29 is 28.7 Å². The molecule has 7 rings (SSSR count). The summed E-state index contributed by atoms with van der Waals surface area (Å²) >= 11 is 0. The number of carbonyl (C=O) groups excluding carboxylic acids is 4. The van der Waals surface area contributed by atoms with Crippen LogP contribution in [0.1, 0.15) is 74.8 Å². The number of rotatable bonds is 6. The molecule has 0 fully saturated rings. The van der Waals surface area contributed by atoms with Crippen LogP contribution in [-0.2, 0) is 13.2 Å². The monoisotopic (exact) mass is 550 g/mol. The van der Waals surface area contributed by atoms with Gasteiger partial charge in [-0.1, -0.05) is 66.7 Å². The Labute approximate surface area is 241 Å². The van der Waals surface area contributed by atoms with E-state index in [-0.39, 0.29) is 36.3 Å². The molecule has 0 saturated heterocycles. The maximum atomic E-state index is 13.0. The van der Waals surface area contributed by atoms with E-state index in [1.807, 2.05) is 6.07 Å². The van der Waals surface area contributed by atoms with Crippen LogP contribution in [0.4, 0.5) is 0 Å². The third-order valence-corrected chi connectivity index (χ3v) is 7.60. The molecule has 2 aliphatic rings. The molecule has 0 unspecified atom stereocenters. The van der Waals surface area contributed by atoms with Crippen LogP contribution in [0.25, 0.3) is 0 Å². The highest BCUT2D eigenvalue weighted by Gasteiger charge is 2.30. The Bertz CT molecular complexity index is 1830. The molecule has 42 heavy (non-hydrogen) atoms. The van der Waals surface area contributed by atoms with Gasteiger partial charge in [0.05, 0.1) is 0 Å². The van der Waals surface area contributed by atoms with Crippen LogP contribution in [0, 0.1) is 0 Å². The second kappa shape index (κ2) is 10.1. The predicted octanol–water partition coefficient (Wildman–Crippen LogP) is 6.40. The summed E-state index contributed by atoms with van der Waals surface area (Å²) in [6.07, 6.45) is 0. The molecule has 6 nitrogen and oxygen atoms in total. The lowest BCUT2D eigenvalue weighted by Gasteiger charge is -2.18. The van der Waals surface area contributed by atoms with E-state index in [0.29, 0.717) is 56.0 Å². The van der Waals surface area contributed by atoms with Gasteiger partial charge in [-0.15, -0.1) is 0 Å². The Morgan fingerprint density at radius 1 is 0.357 bits per heavy atom. The lowest BCUT2D eigenvalue weighted by atomic mass is 9.83. The molecule has 0 radical (unpaired) electrons. The largest absolute Gasteiger partial charge is 0.489 e. The van der Waals surface area contributed by atoms with Crippen molar-refractivity contribution in [1.82, 2.24) is 0 Å². The van der Waals surface area contributed by atoms with Crippen LogP contribution >= 0.6 is 0 Å². The fourth-order valence-corrected chi connectivity index (χ4v) is 5.46. The number of carbonyl (C=O) groups is 4. The van der Waals surface area contributed by atoms with Crippen molar-refractivity contribution in [3.63, 3.8) is 0 Å². The number of ether oxygens (including phenoxy) is 2. The maximum Gasteiger partial charge on any atom is 0.194 e. The Morgan fingerprint density at radius 2 is 0.714 bits per heavy atom. The number of hydrogen-bond donors (Lipinski definition) is 0. The van der Waals surface area contributed by atoms with Crippen LogP contribution in [0.2, 0.25) is 0 Å². The molecule has 0 N–H and O–H groups in total. The molecule has 2 aliphatic carbocycles. The molecule has 0 saturated carbocycles. The summed E-state index contributed by atoms with van der Waals surface area (Å²) < 4.78 is 12.0. The molecule has 0 bridgehead atoms. The van der Waals surface area contributed by atoms with Crippen LogP contribution < -0.4 is 9.47 Å². The molecule has 0 heterocycles. The van der Waals surface area contributed by atoms with Gasteiger partial charge in [-0.25, -0.2) is 0 Å². The van der Waals surface area contributed by atoms with Crippen molar-refractivity contribution >= 4 is 23.1 Å². The van der Waals surface area contributed by atoms with Gasteiger partial charge in [-0.05, 0) is 47.5 Å². The summed E-state index contributed by atoms with van der Waals surface area (Å²) in [4.78, 5) is 51.8. The zero-order valence-corrected chi connectivity index (χ0v) is 22.3. The molecule has 5 aromatic rings. The lowest BCUT2D eigenvalue weighted by Crippen LogP contribution is -2.21. The van der Waals surface area contributed by atoms with Crippen molar-refractivity contribution in [3.05, 3.63) is 165 Å². The quantitative estimate of drug-likeness (QED) is 0.238. The standard InChI is InChI=1S/C36H22O6/c37-33-25-8-1-3-10-27(25)35(39)31-16-21(12-14-29(31)33)19-41-23-6-5-7-24(18-23)42-20-22-13-15-30-32(17-22)36(40)28-11-4-2-9-26(28)34(30)38/h1-18H,19-20H2. The Morgan fingerprint density at radius 3 is 1.12 bits per heavy atom. The van der Waals surface area contributed by atoms with E-state index in [2.05, 4.69) is 0 Å². The lowest BCUT2D eigenvalue weighted by molar-refractivity contribution is 0.0979. The highest BCUT2D eigenvalue weighted by atomic mass is 16.5. The fraction of sp³-hybridized carbons (Fsp3) is 0.0556. The molecule has 202 valence electrons. The van der Waals surface area contributed by atoms with E-state index in [0.717, 1.165) is 11.1 Å². The van der Waals surface area contributed by atoms with Crippen molar-refractivity contribution in [3.8, 4) is 11.5 Å². The third-order valence-electron chi connectivity index (χ3n) is 7.60. The van der Waals surface area contributed by atoms with E-state index in [1.54, 1.807) is 103 Å². The van der Waals surface area contributed by atoms with E-state index in [4.69, 9.17) is 9.47 Å². The highest BCUT2D eigenvalue weighted by Crippen LogP contribution is 2.30. The average molecular weight is 551 g/mol. The third kappa shape index (κ3) is 4.30. The van der Waals surface area contributed by atoms with Crippen LogP contribution in [0.3, 0.4) is 0 Å². The van der Waals surface area contributed by atoms with Gasteiger partial charge in [0.2, 0.25) is 0 Å². The maximum absolute atomic E-state index is 13.0. The number of hydrogen-bond acceptors (Lipinski definition) is 6. The minimum atomic E-state index is -0.171. The summed E-state index contributed by atoms with van der Waals surface area (Å²) in [5.41, 5.74) is 4.76. The first-order chi connectivity index (χ1) is 20.5. The van der Waals surface area contributed by atoms with Crippen LogP contribution in [0.5, 0.6) is 11.5 Å². The molecule has 6 heteroatoms. The molecule has 0 amide bonds. The van der Waals surface area contributed by atoms with Crippen molar-refractivity contribution in [2.24, 2.45) is 0 Å². The van der Waals surface area contributed by atoms with Crippen molar-refractivity contribution in [1.29, 1.82) is 0 Å². The van der Waals surface area contributed by atoms with Gasteiger partial charge < -0.3 is 9.47 Å². The van der Waals surface area contributed by atoms with Crippen LogP contribution in [0.15, 0.2) is 109 Å². The predicted molar refractivity (Wildman–Crippen MR) is 155 cm³/mol. The molecule has 0 aromatic heterocycles. The van der Waals surface area contributed by atoms with Gasteiger partial charge >= 0.3 is 0 Å². The second-order valence-corrected chi connectivity index (χ2v) is 10.2. The van der Waals surface area contributed by atoms with E-state index in [1.165, 1.54) is 0 Å². The summed E-state index contributed by atoms with van der Waals surface area (Å²) in [5.74, 6) is 0.487. The minimum Gasteiger partial charge on any atom is -0.489 e. The molecule has 0 aliphatic heterocycles. The van der Waals surface area contributed by atoms with Crippen LogP contribution in [-0.4, -0.2) is 23.1 Å². The number of benzene rings is 5. The SMILES string of the molecule is O=C1c2ccccc2C(=O)c2cc(COc3cccc(OCc4ccc5c(c4)C(=O)c4ccccc4C5=O)c3)ccc21. The van der Waals surface area contributed by atoms with Gasteiger partial charge in [0, 0.05) is 50.6 Å². The first kappa shape index (κ1) is 25.4. The first-order valence-corrected chi connectivity index (χ1v) is 13.5. The van der Waals surface area contributed by atoms with Gasteiger partial charge in [0.15, 0.2) is 23.1 Å². The van der Waals surface area contributed by atoms with E-state index in [9.17, 15) is 19.2 Å².